The number of anilines is 1. The van der Waals surface area contributed by atoms with Crippen LogP contribution < -0.4 is 4.90 Å². The molecule has 2 aromatic rings. The number of amides is 1. The molecule has 23 heavy (non-hydrogen) atoms. The maximum atomic E-state index is 13.2. The van der Waals surface area contributed by atoms with Crippen molar-refractivity contribution in [3.8, 4) is 11.1 Å². The van der Waals surface area contributed by atoms with Crippen LogP contribution in [0.1, 0.15) is 29.6 Å². The van der Waals surface area contributed by atoms with E-state index >= 15 is 0 Å². The third-order valence-electron chi connectivity index (χ3n) is 4.27. The van der Waals surface area contributed by atoms with Gasteiger partial charge >= 0.3 is 0 Å². The number of pyridine rings is 1. The molecule has 1 aliphatic rings. The van der Waals surface area contributed by atoms with Crippen molar-refractivity contribution in [3.63, 3.8) is 0 Å². The molecule has 1 fully saturated rings. The number of aromatic nitrogens is 1. The van der Waals surface area contributed by atoms with E-state index in [1.807, 2.05) is 54.2 Å². The van der Waals surface area contributed by atoms with Gasteiger partial charge in [-0.1, -0.05) is 30.3 Å². The summed E-state index contributed by atoms with van der Waals surface area (Å²) < 4.78 is 0. The van der Waals surface area contributed by atoms with Gasteiger partial charge in [0.05, 0.1) is 23.6 Å². The number of carbonyl (C=O) groups excluding carboxylic acids is 1. The highest BCUT2D eigenvalue weighted by molar-refractivity contribution is 6.05. The van der Waals surface area contributed by atoms with Crippen LogP contribution in [-0.2, 0) is 0 Å². The largest absolute Gasteiger partial charge is 0.376 e. The first-order chi connectivity index (χ1) is 11.2. The van der Waals surface area contributed by atoms with Gasteiger partial charge in [0.15, 0.2) is 0 Å². The fraction of sp³-hybridized carbons (Fsp3) is 0.368. The lowest BCUT2D eigenvalue weighted by molar-refractivity contribution is 0.0725. The van der Waals surface area contributed by atoms with E-state index in [0.29, 0.717) is 5.56 Å². The second kappa shape index (κ2) is 6.82. The normalized spacial score (nSPS) is 14.6. The summed E-state index contributed by atoms with van der Waals surface area (Å²) in [5, 5.41) is 0. The van der Waals surface area contributed by atoms with Crippen LogP contribution in [0.3, 0.4) is 0 Å². The Morgan fingerprint density at radius 2 is 1.83 bits per heavy atom. The number of nitrogens with zero attached hydrogens (tertiary/aromatic N) is 3. The Labute approximate surface area is 137 Å². The zero-order chi connectivity index (χ0) is 16.2. The predicted molar refractivity (Wildman–Crippen MR) is 92.6 cm³/mol. The van der Waals surface area contributed by atoms with Gasteiger partial charge in [0.1, 0.15) is 0 Å². The van der Waals surface area contributed by atoms with Gasteiger partial charge in [-0.25, -0.2) is 0 Å². The van der Waals surface area contributed by atoms with E-state index in [9.17, 15) is 4.79 Å². The van der Waals surface area contributed by atoms with Crippen LogP contribution in [0, 0.1) is 6.20 Å². The van der Waals surface area contributed by atoms with E-state index in [2.05, 4.69) is 11.2 Å². The maximum absolute atomic E-state index is 13.2. The summed E-state index contributed by atoms with van der Waals surface area (Å²) >= 11 is 0. The number of hydrogen-bond acceptors (Lipinski definition) is 3. The smallest absolute Gasteiger partial charge is 0.256 e. The lowest BCUT2D eigenvalue weighted by Crippen LogP contribution is -2.36. The Kier molecular flexibility index (Phi) is 4.60. The number of likely N-dealkylation sites (tertiary alicyclic amines) is 1. The Balaban J connectivity index is 2.10. The lowest BCUT2D eigenvalue weighted by Gasteiger charge is -2.29. The molecular weight excluding hydrogens is 286 g/mol. The molecular formula is C19H22N3O. The lowest BCUT2D eigenvalue weighted by atomic mass is 9.98. The standard InChI is InChI=1S/C19H22N3O/c1-21(2)17-14-20-13-16(15-9-5-3-6-10-15)18(17)19(23)22-11-7-4-8-12-22/h3,5-6,9-10,14H,4,7-8,11-12H2,1-2H3. The van der Waals surface area contributed by atoms with Crippen LogP contribution in [0.5, 0.6) is 0 Å². The van der Waals surface area contributed by atoms with Crippen LogP contribution in [0.4, 0.5) is 5.69 Å². The summed E-state index contributed by atoms with van der Waals surface area (Å²) in [6.45, 7) is 1.67. The first-order valence-corrected chi connectivity index (χ1v) is 8.11. The highest BCUT2D eigenvalue weighted by Crippen LogP contribution is 2.31. The second-order valence-corrected chi connectivity index (χ2v) is 6.12. The van der Waals surface area contributed by atoms with Crippen molar-refractivity contribution >= 4 is 11.6 Å². The van der Waals surface area contributed by atoms with E-state index < -0.39 is 0 Å². The summed E-state index contributed by atoms with van der Waals surface area (Å²) in [5.74, 6) is 0.0888. The molecule has 4 nitrogen and oxygen atoms in total. The Morgan fingerprint density at radius 3 is 2.48 bits per heavy atom. The van der Waals surface area contributed by atoms with E-state index in [0.717, 1.165) is 42.7 Å². The van der Waals surface area contributed by atoms with Gasteiger partial charge < -0.3 is 9.80 Å². The van der Waals surface area contributed by atoms with Gasteiger partial charge in [-0.15, -0.1) is 0 Å². The molecule has 1 radical (unpaired) electrons. The number of carbonyl (C=O) groups is 1. The summed E-state index contributed by atoms with van der Waals surface area (Å²) in [4.78, 5) is 21.3. The van der Waals surface area contributed by atoms with Crippen molar-refractivity contribution in [2.45, 2.75) is 19.3 Å². The van der Waals surface area contributed by atoms with E-state index in [1.54, 1.807) is 6.20 Å². The van der Waals surface area contributed by atoms with Gasteiger partial charge in [0.2, 0.25) is 0 Å². The molecule has 2 heterocycles. The van der Waals surface area contributed by atoms with Crippen molar-refractivity contribution in [2.75, 3.05) is 32.1 Å². The van der Waals surface area contributed by atoms with E-state index in [1.165, 1.54) is 6.42 Å². The number of hydrogen-bond donors (Lipinski definition) is 0. The molecule has 1 aliphatic heterocycles. The maximum Gasteiger partial charge on any atom is 0.256 e. The summed E-state index contributed by atoms with van der Waals surface area (Å²) in [6, 6.07) is 9.92. The molecule has 0 atom stereocenters. The third-order valence-corrected chi connectivity index (χ3v) is 4.27. The molecule has 1 saturated heterocycles. The van der Waals surface area contributed by atoms with Crippen molar-refractivity contribution in [1.29, 1.82) is 0 Å². The Morgan fingerprint density at radius 1 is 1.13 bits per heavy atom. The molecule has 0 N–H and O–H groups in total. The number of rotatable bonds is 3. The predicted octanol–water partition coefficient (Wildman–Crippen LogP) is 3.24. The Bertz CT molecular complexity index is 676. The van der Waals surface area contributed by atoms with Crippen molar-refractivity contribution < 1.29 is 4.79 Å². The summed E-state index contributed by atoms with van der Waals surface area (Å²) in [6.07, 6.45) is 8.14. The minimum Gasteiger partial charge on any atom is -0.376 e. The van der Waals surface area contributed by atoms with Crippen LogP contribution in [0.15, 0.2) is 36.5 Å². The van der Waals surface area contributed by atoms with E-state index in [4.69, 9.17) is 0 Å². The zero-order valence-corrected chi connectivity index (χ0v) is 13.7. The molecule has 4 heteroatoms. The van der Waals surface area contributed by atoms with Crippen LogP contribution >= 0.6 is 0 Å². The monoisotopic (exact) mass is 308 g/mol. The van der Waals surface area contributed by atoms with Crippen molar-refractivity contribution in [2.24, 2.45) is 0 Å². The fourth-order valence-electron chi connectivity index (χ4n) is 3.03. The Hall–Kier alpha value is -2.36. The van der Waals surface area contributed by atoms with Gasteiger partial charge in [-0.2, -0.15) is 0 Å². The van der Waals surface area contributed by atoms with Crippen molar-refractivity contribution in [3.05, 3.63) is 48.3 Å². The highest BCUT2D eigenvalue weighted by Gasteiger charge is 2.25. The van der Waals surface area contributed by atoms with Gasteiger partial charge in [0.25, 0.3) is 5.91 Å². The summed E-state index contributed by atoms with van der Waals surface area (Å²) in [7, 11) is 3.89. The van der Waals surface area contributed by atoms with Gasteiger partial charge in [0, 0.05) is 32.7 Å². The molecule has 0 saturated carbocycles. The quantitative estimate of drug-likeness (QED) is 0.873. The van der Waals surface area contributed by atoms with Crippen LogP contribution in [0.25, 0.3) is 11.1 Å². The molecule has 1 amide bonds. The number of piperidine rings is 1. The molecule has 1 aromatic heterocycles. The zero-order valence-electron chi connectivity index (χ0n) is 13.7. The molecule has 3 rings (SSSR count). The minimum absolute atomic E-state index is 0.0888. The minimum atomic E-state index is 0.0888. The topological polar surface area (TPSA) is 36.4 Å². The molecule has 1 aromatic carbocycles. The molecule has 119 valence electrons. The number of benzene rings is 1. The third kappa shape index (κ3) is 3.21. The van der Waals surface area contributed by atoms with Gasteiger partial charge in [-0.05, 0) is 24.8 Å². The average molecular weight is 308 g/mol. The SMILES string of the molecule is CN(C)c1cn[c]c(-c2ccccc2)c1C(=O)N1CCCCC1. The first kappa shape index (κ1) is 15.5. The van der Waals surface area contributed by atoms with Crippen LogP contribution in [-0.4, -0.2) is 43.0 Å². The highest BCUT2D eigenvalue weighted by atomic mass is 16.2. The second-order valence-electron chi connectivity index (χ2n) is 6.12. The van der Waals surface area contributed by atoms with E-state index in [-0.39, 0.29) is 5.91 Å². The van der Waals surface area contributed by atoms with Crippen LogP contribution in [0.2, 0.25) is 0 Å². The first-order valence-electron chi connectivity index (χ1n) is 8.11. The average Bonchev–Trinajstić information content (AvgIpc) is 2.62. The molecule has 0 aliphatic carbocycles. The van der Waals surface area contributed by atoms with Gasteiger partial charge in [-0.3, -0.25) is 9.78 Å². The van der Waals surface area contributed by atoms with Crippen molar-refractivity contribution in [1.82, 2.24) is 9.88 Å². The fourth-order valence-corrected chi connectivity index (χ4v) is 3.03. The molecule has 0 unspecified atom stereocenters. The molecule has 0 bridgehead atoms. The molecule has 0 spiro atoms. The summed E-state index contributed by atoms with van der Waals surface area (Å²) in [5.41, 5.74) is 3.31.